The topological polar surface area (TPSA) is 29.3 Å². The highest BCUT2D eigenvalue weighted by atomic mass is 15.2. The molecule has 1 aromatic rings. The predicted octanol–water partition coefficient (Wildman–Crippen LogP) is 3.20. The molecule has 0 spiro atoms. The van der Waals surface area contributed by atoms with Gasteiger partial charge in [0.05, 0.1) is 0 Å². The molecule has 1 atom stereocenters. The van der Waals surface area contributed by atoms with Gasteiger partial charge in [-0.2, -0.15) is 0 Å². The van der Waals surface area contributed by atoms with Gasteiger partial charge in [-0.25, -0.2) is 0 Å². The van der Waals surface area contributed by atoms with E-state index in [2.05, 4.69) is 43.0 Å². The first-order chi connectivity index (χ1) is 8.81. The lowest BCUT2D eigenvalue weighted by Crippen LogP contribution is -2.47. The molecule has 0 saturated carbocycles. The van der Waals surface area contributed by atoms with Crippen LogP contribution in [0.15, 0.2) is 24.3 Å². The van der Waals surface area contributed by atoms with E-state index < -0.39 is 0 Å². The molecule has 18 heavy (non-hydrogen) atoms. The van der Waals surface area contributed by atoms with E-state index in [0.29, 0.717) is 12.0 Å². The van der Waals surface area contributed by atoms with Crippen LogP contribution in [0.2, 0.25) is 0 Å². The van der Waals surface area contributed by atoms with E-state index in [1.54, 1.807) is 0 Å². The van der Waals surface area contributed by atoms with Gasteiger partial charge in [-0.15, -0.1) is 0 Å². The van der Waals surface area contributed by atoms with Crippen LogP contribution < -0.4 is 10.6 Å². The van der Waals surface area contributed by atoms with Gasteiger partial charge in [-0.1, -0.05) is 44.9 Å². The van der Waals surface area contributed by atoms with Gasteiger partial charge >= 0.3 is 0 Å². The van der Waals surface area contributed by atoms with Crippen molar-refractivity contribution in [3.8, 4) is 0 Å². The Labute approximate surface area is 111 Å². The number of para-hydroxylation sites is 1. The molecule has 1 unspecified atom stereocenters. The Morgan fingerprint density at radius 2 is 1.94 bits per heavy atom. The zero-order valence-corrected chi connectivity index (χ0v) is 11.7. The molecule has 1 aliphatic rings. The lowest BCUT2D eigenvalue weighted by molar-refractivity contribution is 0.372. The van der Waals surface area contributed by atoms with Crippen LogP contribution in [-0.2, 0) is 6.42 Å². The highest BCUT2D eigenvalue weighted by Crippen LogP contribution is 2.31. The molecular weight excluding hydrogens is 220 g/mol. The summed E-state index contributed by atoms with van der Waals surface area (Å²) in [5, 5.41) is 0. The Kier molecular flexibility index (Phi) is 4.65. The van der Waals surface area contributed by atoms with Crippen molar-refractivity contribution in [3.63, 3.8) is 0 Å². The minimum atomic E-state index is 0.501. The molecule has 1 aliphatic heterocycles. The highest BCUT2D eigenvalue weighted by molar-refractivity contribution is 5.56. The fraction of sp³-hybridized carbons (Fsp3) is 0.625. The maximum absolute atomic E-state index is 6.07. The van der Waals surface area contributed by atoms with Crippen molar-refractivity contribution >= 4 is 5.69 Å². The molecule has 2 N–H and O–H groups in total. The van der Waals surface area contributed by atoms with E-state index in [4.69, 9.17) is 5.73 Å². The van der Waals surface area contributed by atoms with Crippen molar-refractivity contribution < 1.29 is 0 Å². The molecule has 2 nitrogen and oxygen atoms in total. The van der Waals surface area contributed by atoms with Crippen molar-refractivity contribution in [1.82, 2.24) is 0 Å². The Bertz CT molecular complexity index is 371. The smallest absolute Gasteiger partial charge is 0.0440 e. The number of aryl methyl sites for hydroxylation is 1. The molecular formula is C16H26N2. The zero-order valence-electron chi connectivity index (χ0n) is 11.7. The van der Waals surface area contributed by atoms with Crippen molar-refractivity contribution in [2.45, 2.75) is 45.6 Å². The Morgan fingerprint density at radius 1 is 1.22 bits per heavy atom. The van der Waals surface area contributed by atoms with E-state index in [0.717, 1.165) is 13.1 Å². The van der Waals surface area contributed by atoms with Gasteiger partial charge in [0.15, 0.2) is 0 Å². The summed E-state index contributed by atoms with van der Waals surface area (Å²) in [4.78, 5) is 2.57. The fourth-order valence-electron chi connectivity index (χ4n) is 3.31. The third-order valence-electron chi connectivity index (χ3n) is 4.38. The Hall–Kier alpha value is -1.02. The normalized spacial score (nSPS) is 16.8. The van der Waals surface area contributed by atoms with Gasteiger partial charge in [0.1, 0.15) is 0 Å². The SMILES string of the molecule is CCC(CC)C(CN)N1CCCc2ccccc21. The zero-order chi connectivity index (χ0) is 13.0. The highest BCUT2D eigenvalue weighted by Gasteiger charge is 2.27. The monoisotopic (exact) mass is 246 g/mol. The predicted molar refractivity (Wildman–Crippen MR) is 79.0 cm³/mol. The first-order valence-corrected chi connectivity index (χ1v) is 7.36. The van der Waals surface area contributed by atoms with E-state index in [9.17, 15) is 0 Å². The van der Waals surface area contributed by atoms with Crippen molar-refractivity contribution in [1.29, 1.82) is 0 Å². The lowest BCUT2D eigenvalue weighted by atomic mass is 9.90. The largest absolute Gasteiger partial charge is 0.367 e. The van der Waals surface area contributed by atoms with Gasteiger partial charge in [0.2, 0.25) is 0 Å². The van der Waals surface area contributed by atoms with Crippen LogP contribution in [0.4, 0.5) is 5.69 Å². The second-order valence-corrected chi connectivity index (χ2v) is 5.31. The van der Waals surface area contributed by atoms with E-state index in [-0.39, 0.29) is 0 Å². The molecule has 100 valence electrons. The van der Waals surface area contributed by atoms with Gasteiger partial charge in [-0.05, 0) is 30.4 Å². The third-order valence-corrected chi connectivity index (χ3v) is 4.38. The first kappa shape index (κ1) is 13.4. The van der Waals surface area contributed by atoms with Crippen molar-refractivity contribution in [3.05, 3.63) is 29.8 Å². The quantitative estimate of drug-likeness (QED) is 0.864. The van der Waals surface area contributed by atoms with Crippen molar-refractivity contribution in [2.75, 3.05) is 18.0 Å². The summed E-state index contributed by atoms with van der Waals surface area (Å²) in [5.41, 5.74) is 8.99. The molecule has 0 aromatic heterocycles. The van der Waals surface area contributed by atoms with Crippen LogP contribution in [-0.4, -0.2) is 19.1 Å². The Morgan fingerprint density at radius 3 is 2.61 bits per heavy atom. The van der Waals surface area contributed by atoms with Crippen LogP contribution in [0, 0.1) is 5.92 Å². The number of anilines is 1. The number of hydrogen-bond donors (Lipinski definition) is 1. The molecule has 2 heteroatoms. The number of nitrogens with two attached hydrogens (primary N) is 1. The number of rotatable bonds is 5. The molecule has 0 aliphatic carbocycles. The van der Waals surface area contributed by atoms with Crippen molar-refractivity contribution in [2.24, 2.45) is 11.7 Å². The number of fused-ring (bicyclic) bond motifs is 1. The number of benzene rings is 1. The standard InChI is InChI=1S/C16H26N2/c1-3-13(4-2)16(12-17)18-11-7-9-14-8-5-6-10-15(14)18/h5-6,8,10,13,16H,3-4,7,9,11-12,17H2,1-2H3. The summed E-state index contributed by atoms with van der Waals surface area (Å²) >= 11 is 0. The molecule has 1 aromatic carbocycles. The average Bonchev–Trinajstić information content (AvgIpc) is 2.44. The van der Waals surface area contributed by atoms with Gasteiger partial charge in [0, 0.05) is 24.8 Å². The van der Waals surface area contributed by atoms with E-state index in [1.807, 2.05) is 0 Å². The molecule has 0 bridgehead atoms. The molecule has 1 heterocycles. The first-order valence-electron chi connectivity index (χ1n) is 7.36. The molecule has 2 rings (SSSR count). The summed E-state index contributed by atoms with van der Waals surface area (Å²) < 4.78 is 0. The minimum absolute atomic E-state index is 0.501. The maximum Gasteiger partial charge on any atom is 0.0440 e. The van der Waals surface area contributed by atoms with Crippen LogP contribution in [0.1, 0.15) is 38.7 Å². The second-order valence-electron chi connectivity index (χ2n) is 5.31. The summed E-state index contributed by atoms with van der Waals surface area (Å²) in [6, 6.07) is 9.33. The number of hydrogen-bond acceptors (Lipinski definition) is 2. The molecule has 0 amide bonds. The van der Waals surface area contributed by atoms with Crippen LogP contribution in [0.25, 0.3) is 0 Å². The average molecular weight is 246 g/mol. The van der Waals surface area contributed by atoms with Crippen LogP contribution in [0.3, 0.4) is 0 Å². The van der Waals surface area contributed by atoms with Crippen LogP contribution >= 0.6 is 0 Å². The molecule has 0 fully saturated rings. The second kappa shape index (κ2) is 6.24. The summed E-state index contributed by atoms with van der Waals surface area (Å²) in [7, 11) is 0. The summed E-state index contributed by atoms with van der Waals surface area (Å²) in [6.45, 7) is 6.50. The van der Waals surface area contributed by atoms with Crippen LogP contribution in [0.5, 0.6) is 0 Å². The van der Waals surface area contributed by atoms with Gasteiger partial charge < -0.3 is 10.6 Å². The number of nitrogens with zero attached hydrogens (tertiary/aromatic N) is 1. The Balaban J connectivity index is 2.27. The summed E-state index contributed by atoms with van der Waals surface area (Å²) in [5.74, 6) is 0.709. The molecule has 0 saturated heterocycles. The lowest BCUT2D eigenvalue weighted by Gasteiger charge is -2.41. The maximum atomic E-state index is 6.07. The fourth-order valence-corrected chi connectivity index (χ4v) is 3.31. The van der Waals surface area contributed by atoms with E-state index in [1.165, 1.54) is 36.9 Å². The third kappa shape index (κ3) is 2.54. The summed E-state index contributed by atoms with van der Waals surface area (Å²) in [6.07, 6.45) is 4.91. The molecule has 0 radical (unpaired) electrons. The van der Waals surface area contributed by atoms with Gasteiger partial charge in [-0.3, -0.25) is 0 Å². The van der Waals surface area contributed by atoms with E-state index >= 15 is 0 Å². The van der Waals surface area contributed by atoms with Gasteiger partial charge in [0.25, 0.3) is 0 Å². The minimum Gasteiger partial charge on any atom is -0.367 e.